The van der Waals surface area contributed by atoms with Gasteiger partial charge in [-0.3, -0.25) is 4.98 Å². The lowest BCUT2D eigenvalue weighted by Crippen LogP contribution is -2.24. The van der Waals surface area contributed by atoms with E-state index in [9.17, 15) is 0 Å². The monoisotopic (exact) mass is 320 g/mol. The molecule has 0 aliphatic rings. The Morgan fingerprint density at radius 1 is 0.833 bits per heavy atom. The van der Waals surface area contributed by atoms with Crippen LogP contribution in [-0.4, -0.2) is 23.2 Å². The SMILES string of the molecule is OCCCCCN(Cc1ccccc1)c1ccnc2ccccc12. The van der Waals surface area contributed by atoms with Gasteiger partial charge in [-0.1, -0.05) is 48.5 Å². The quantitative estimate of drug-likeness (QED) is 0.625. The van der Waals surface area contributed by atoms with Crippen molar-refractivity contribution in [1.29, 1.82) is 0 Å². The lowest BCUT2D eigenvalue weighted by Gasteiger charge is -2.26. The highest BCUT2D eigenvalue weighted by Crippen LogP contribution is 2.27. The summed E-state index contributed by atoms with van der Waals surface area (Å²) in [6, 6.07) is 21.0. The van der Waals surface area contributed by atoms with Gasteiger partial charge in [-0.2, -0.15) is 0 Å². The van der Waals surface area contributed by atoms with Crippen LogP contribution in [0.4, 0.5) is 5.69 Å². The van der Waals surface area contributed by atoms with Crippen LogP contribution in [0.2, 0.25) is 0 Å². The average molecular weight is 320 g/mol. The number of aliphatic hydroxyl groups excluding tert-OH is 1. The zero-order valence-electron chi connectivity index (χ0n) is 13.9. The number of hydrogen-bond acceptors (Lipinski definition) is 3. The zero-order valence-corrected chi connectivity index (χ0v) is 13.9. The summed E-state index contributed by atoms with van der Waals surface area (Å²) in [5.41, 5.74) is 3.57. The number of aliphatic hydroxyl groups is 1. The van der Waals surface area contributed by atoms with Crippen LogP contribution in [-0.2, 0) is 6.54 Å². The Morgan fingerprint density at radius 3 is 2.46 bits per heavy atom. The summed E-state index contributed by atoms with van der Waals surface area (Å²) < 4.78 is 0. The summed E-state index contributed by atoms with van der Waals surface area (Å²) in [7, 11) is 0. The fraction of sp³-hybridized carbons (Fsp3) is 0.286. The van der Waals surface area contributed by atoms with E-state index < -0.39 is 0 Å². The first kappa shape index (κ1) is 16.5. The molecule has 3 nitrogen and oxygen atoms in total. The average Bonchev–Trinajstić information content (AvgIpc) is 2.65. The van der Waals surface area contributed by atoms with Crippen molar-refractivity contribution in [2.75, 3.05) is 18.1 Å². The molecule has 24 heavy (non-hydrogen) atoms. The molecule has 0 bridgehead atoms. The van der Waals surface area contributed by atoms with Crippen LogP contribution in [0.1, 0.15) is 24.8 Å². The number of nitrogens with zero attached hydrogens (tertiary/aromatic N) is 2. The van der Waals surface area contributed by atoms with Gasteiger partial charge in [0.05, 0.1) is 5.52 Å². The number of anilines is 1. The first-order chi connectivity index (χ1) is 11.9. The number of para-hydroxylation sites is 1. The third-order valence-electron chi connectivity index (χ3n) is 4.27. The summed E-state index contributed by atoms with van der Waals surface area (Å²) in [6.07, 6.45) is 4.88. The summed E-state index contributed by atoms with van der Waals surface area (Å²) in [4.78, 5) is 6.91. The van der Waals surface area contributed by atoms with E-state index in [0.29, 0.717) is 0 Å². The second-order valence-electron chi connectivity index (χ2n) is 6.04. The van der Waals surface area contributed by atoms with Crippen LogP contribution in [0.15, 0.2) is 66.9 Å². The molecule has 2 aromatic carbocycles. The number of fused-ring (bicyclic) bond motifs is 1. The molecule has 0 aliphatic carbocycles. The Bertz CT molecular complexity index is 753. The molecule has 3 aromatic rings. The zero-order chi connectivity index (χ0) is 16.6. The van der Waals surface area contributed by atoms with Crippen molar-refractivity contribution >= 4 is 16.6 Å². The highest BCUT2D eigenvalue weighted by molar-refractivity contribution is 5.91. The number of aromatic nitrogens is 1. The topological polar surface area (TPSA) is 36.4 Å². The van der Waals surface area contributed by atoms with Gasteiger partial charge in [-0.05, 0) is 37.0 Å². The molecule has 0 radical (unpaired) electrons. The van der Waals surface area contributed by atoms with Gasteiger partial charge in [0, 0.05) is 37.0 Å². The van der Waals surface area contributed by atoms with Crippen LogP contribution in [0.3, 0.4) is 0 Å². The molecule has 0 saturated heterocycles. The van der Waals surface area contributed by atoms with E-state index in [2.05, 4.69) is 64.5 Å². The second kappa shape index (κ2) is 8.46. The first-order valence-electron chi connectivity index (χ1n) is 8.62. The van der Waals surface area contributed by atoms with Crippen LogP contribution in [0.5, 0.6) is 0 Å². The minimum atomic E-state index is 0.275. The van der Waals surface area contributed by atoms with Gasteiger partial charge in [0.1, 0.15) is 0 Å². The Kier molecular flexibility index (Phi) is 5.80. The van der Waals surface area contributed by atoms with Crippen LogP contribution >= 0.6 is 0 Å². The van der Waals surface area contributed by atoms with E-state index in [1.807, 2.05) is 12.3 Å². The summed E-state index contributed by atoms with van der Waals surface area (Å²) in [5, 5.41) is 10.2. The maximum atomic E-state index is 9.00. The fourth-order valence-electron chi connectivity index (χ4n) is 3.04. The lowest BCUT2D eigenvalue weighted by molar-refractivity contribution is 0.283. The molecule has 0 fully saturated rings. The molecule has 0 spiro atoms. The molecular formula is C21H24N2O. The van der Waals surface area contributed by atoms with Crippen molar-refractivity contribution in [3.63, 3.8) is 0 Å². The largest absolute Gasteiger partial charge is 0.396 e. The molecule has 0 saturated carbocycles. The molecule has 0 aliphatic heterocycles. The number of benzene rings is 2. The smallest absolute Gasteiger partial charge is 0.0722 e. The standard InChI is InChI=1S/C21H24N2O/c24-16-8-2-7-15-23(17-18-9-3-1-4-10-18)21-13-14-22-20-12-6-5-11-19(20)21/h1,3-6,9-14,24H,2,7-8,15-17H2. The summed E-state index contributed by atoms with van der Waals surface area (Å²) in [5.74, 6) is 0. The van der Waals surface area contributed by atoms with E-state index in [4.69, 9.17) is 5.11 Å². The second-order valence-corrected chi connectivity index (χ2v) is 6.04. The van der Waals surface area contributed by atoms with Crippen LogP contribution < -0.4 is 4.90 Å². The summed E-state index contributed by atoms with van der Waals surface area (Å²) in [6.45, 7) is 2.13. The molecule has 1 N–H and O–H groups in total. The van der Waals surface area contributed by atoms with Crippen molar-refractivity contribution < 1.29 is 5.11 Å². The Hall–Kier alpha value is -2.39. The van der Waals surface area contributed by atoms with Crippen molar-refractivity contribution in [3.05, 3.63) is 72.4 Å². The van der Waals surface area contributed by atoms with Gasteiger partial charge in [-0.15, -0.1) is 0 Å². The fourth-order valence-corrected chi connectivity index (χ4v) is 3.04. The van der Waals surface area contributed by atoms with E-state index in [-0.39, 0.29) is 6.61 Å². The molecule has 1 heterocycles. The number of pyridine rings is 1. The molecule has 0 amide bonds. The normalized spacial score (nSPS) is 10.9. The van der Waals surface area contributed by atoms with Crippen LogP contribution in [0.25, 0.3) is 10.9 Å². The lowest BCUT2D eigenvalue weighted by atomic mass is 10.1. The van der Waals surface area contributed by atoms with Crippen molar-refractivity contribution in [2.45, 2.75) is 25.8 Å². The van der Waals surface area contributed by atoms with Gasteiger partial charge < -0.3 is 10.0 Å². The Morgan fingerprint density at radius 2 is 1.62 bits per heavy atom. The van der Waals surface area contributed by atoms with Gasteiger partial charge in [0.15, 0.2) is 0 Å². The number of unbranched alkanes of at least 4 members (excludes halogenated alkanes) is 2. The van der Waals surface area contributed by atoms with E-state index in [1.165, 1.54) is 16.6 Å². The van der Waals surface area contributed by atoms with Gasteiger partial charge in [0.2, 0.25) is 0 Å². The Balaban J connectivity index is 1.87. The van der Waals surface area contributed by atoms with E-state index in [0.717, 1.165) is 37.9 Å². The maximum absolute atomic E-state index is 9.00. The number of rotatable bonds is 8. The van der Waals surface area contributed by atoms with E-state index in [1.54, 1.807) is 0 Å². The minimum absolute atomic E-state index is 0.275. The van der Waals surface area contributed by atoms with Crippen molar-refractivity contribution in [2.24, 2.45) is 0 Å². The molecular weight excluding hydrogens is 296 g/mol. The van der Waals surface area contributed by atoms with E-state index >= 15 is 0 Å². The minimum Gasteiger partial charge on any atom is -0.396 e. The van der Waals surface area contributed by atoms with Crippen molar-refractivity contribution in [3.8, 4) is 0 Å². The highest BCUT2D eigenvalue weighted by Gasteiger charge is 2.11. The predicted molar refractivity (Wildman–Crippen MR) is 100 cm³/mol. The van der Waals surface area contributed by atoms with Gasteiger partial charge >= 0.3 is 0 Å². The molecule has 124 valence electrons. The third kappa shape index (κ3) is 4.12. The highest BCUT2D eigenvalue weighted by atomic mass is 16.2. The van der Waals surface area contributed by atoms with Gasteiger partial charge in [-0.25, -0.2) is 0 Å². The molecule has 1 aromatic heterocycles. The Labute approximate surface area is 143 Å². The summed E-state index contributed by atoms with van der Waals surface area (Å²) >= 11 is 0. The molecule has 0 atom stereocenters. The number of hydrogen-bond donors (Lipinski definition) is 1. The molecule has 3 rings (SSSR count). The van der Waals surface area contributed by atoms with Crippen molar-refractivity contribution in [1.82, 2.24) is 4.98 Å². The first-order valence-corrected chi connectivity index (χ1v) is 8.62. The van der Waals surface area contributed by atoms with Gasteiger partial charge in [0.25, 0.3) is 0 Å². The predicted octanol–water partition coefficient (Wildman–Crippen LogP) is 4.40. The maximum Gasteiger partial charge on any atom is 0.0722 e. The third-order valence-corrected chi connectivity index (χ3v) is 4.27. The molecule has 0 unspecified atom stereocenters. The molecule has 3 heteroatoms. The van der Waals surface area contributed by atoms with Crippen LogP contribution in [0, 0.1) is 0 Å².